The number of methoxy groups -OCH3 is 1. The number of carbonyl (C=O) groups is 2. The first-order valence-electron chi connectivity index (χ1n) is 12.0. The molecule has 38 heavy (non-hydrogen) atoms. The lowest BCUT2D eigenvalue weighted by molar-refractivity contribution is -0.113. The predicted molar refractivity (Wildman–Crippen MR) is 149 cm³/mol. The highest BCUT2D eigenvalue weighted by Gasteiger charge is 2.36. The van der Waals surface area contributed by atoms with Crippen molar-refractivity contribution in [3.05, 3.63) is 112 Å². The third-order valence-electron chi connectivity index (χ3n) is 6.37. The van der Waals surface area contributed by atoms with Gasteiger partial charge in [-0.1, -0.05) is 47.5 Å². The number of hydrogen-bond donors (Lipinski definition) is 3. The van der Waals surface area contributed by atoms with Crippen molar-refractivity contribution in [2.45, 2.75) is 19.9 Å². The van der Waals surface area contributed by atoms with Crippen LogP contribution in [0, 0.1) is 6.92 Å². The lowest BCUT2D eigenvalue weighted by atomic mass is 9.94. The van der Waals surface area contributed by atoms with E-state index in [1.807, 2.05) is 49.4 Å². The van der Waals surface area contributed by atoms with Gasteiger partial charge in [0, 0.05) is 27.7 Å². The summed E-state index contributed by atoms with van der Waals surface area (Å²) in [4.78, 5) is 26.9. The molecule has 5 rings (SSSR count). The minimum Gasteiger partial charge on any atom is -0.497 e. The number of ether oxygens (including phenoxy) is 1. The van der Waals surface area contributed by atoms with Crippen molar-refractivity contribution in [1.82, 2.24) is 9.78 Å². The van der Waals surface area contributed by atoms with Crippen LogP contribution < -0.4 is 20.7 Å². The molecule has 9 heteroatoms. The maximum atomic E-state index is 13.6. The van der Waals surface area contributed by atoms with Gasteiger partial charge in [-0.25, -0.2) is 4.68 Å². The van der Waals surface area contributed by atoms with Crippen LogP contribution in [-0.2, 0) is 4.79 Å². The summed E-state index contributed by atoms with van der Waals surface area (Å²) in [5, 5.41) is 14.1. The Kier molecular flexibility index (Phi) is 6.89. The quantitative estimate of drug-likeness (QED) is 0.284. The molecule has 2 amide bonds. The monoisotopic (exact) mass is 527 g/mol. The number of fused-ring (bicyclic) bond motifs is 1. The second kappa shape index (κ2) is 10.4. The third kappa shape index (κ3) is 4.86. The molecule has 1 aromatic heterocycles. The zero-order chi connectivity index (χ0) is 26.8. The molecule has 0 saturated carbocycles. The van der Waals surface area contributed by atoms with E-state index in [2.05, 4.69) is 21.0 Å². The summed E-state index contributed by atoms with van der Waals surface area (Å²) in [6.07, 6.45) is 1.49. The van der Waals surface area contributed by atoms with Crippen LogP contribution in [0.4, 0.5) is 17.2 Å². The Morgan fingerprint density at radius 2 is 1.55 bits per heavy atom. The summed E-state index contributed by atoms with van der Waals surface area (Å²) in [6.45, 7) is 3.78. The van der Waals surface area contributed by atoms with Gasteiger partial charge in [0.05, 0.1) is 18.9 Å². The summed E-state index contributed by atoms with van der Waals surface area (Å²) in [6, 6.07) is 21.2. The number of halogens is 1. The standard InChI is InChI=1S/C29H26ClN5O3/c1-17-8-10-19(11-9-17)33-28(36)23-16-31-35-26(22-6-4-5-7-24(22)30)25(18(2)32-27(23)35)29(37)34-20-12-14-21(38-3)15-13-20/h4-16,26,32H,1-3H3,(H,33,36)(H,34,37)/t26-/m0/s1. The largest absolute Gasteiger partial charge is 0.497 e. The van der Waals surface area contributed by atoms with Crippen LogP contribution in [0.1, 0.15) is 34.5 Å². The van der Waals surface area contributed by atoms with Crippen molar-refractivity contribution >= 4 is 40.6 Å². The van der Waals surface area contributed by atoms with E-state index < -0.39 is 6.04 Å². The van der Waals surface area contributed by atoms with Gasteiger partial charge < -0.3 is 20.7 Å². The van der Waals surface area contributed by atoms with Crippen molar-refractivity contribution < 1.29 is 14.3 Å². The van der Waals surface area contributed by atoms with E-state index in [9.17, 15) is 9.59 Å². The van der Waals surface area contributed by atoms with Gasteiger partial charge in [-0.15, -0.1) is 0 Å². The Morgan fingerprint density at radius 1 is 0.921 bits per heavy atom. The molecule has 1 atom stereocenters. The van der Waals surface area contributed by atoms with E-state index in [0.29, 0.717) is 50.4 Å². The van der Waals surface area contributed by atoms with Crippen molar-refractivity contribution in [3.63, 3.8) is 0 Å². The van der Waals surface area contributed by atoms with Crippen LogP contribution >= 0.6 is 11.6 Å². The van der Waals surface area contributed by atoms with Gasteiger partial charge in [-0.3, -0.25) is 9.59 Å². The maximum absolute atomic E-state index is 13.6. The van der Waals surface area contributed by atoms with Crippen LogP contribution in [0.25, 0.3) is 0 Å². The molecule has 1 aliphatic heterocycles. The molecular weight excluding hydrogens is 502 g/mol. The Bertz CT molecular complexity index is 1540. The van der Waals surface area contributed by atoms with Gasteiger partial charge in [-0.05, 0) is 56.3 Å². The average Bonchev–Trinajstić information content (AvgIpc) is 3.33. The van der Waals surface area contributed by atoms with Gasteiger partial charge in [0.15, 0.2) is 0 Å². The lowest BCUT2D eigenvalue weighted by Gasteiger charge is -2.30. The topological polar surface area (TPSA) is 97.3 Å². The molecule has 0 bridgehead atoms. The first kappa shape index (κ1) is 25.1. The maximum Gasteiger partial charge on any atom is 0.261 e. The molecule has 0 saturated heterocycles. The zero-order valence-corrected chi connectivity index (χ0v) is 21.8. The number of aromatic nitrogens is 2. The van der Waals surface area contributed by atoms with E-state index in [1.54, 1.807) is 49.0 Å². The van der Waals surface area contributed by atoms with Gasteiger partial charge in [0.2, 0.25) is 0 Å². The number of aryl methyl sites for hydroxylation is 1. The Morgan fingerprint density at radius 3 is 2.21 bits per heavy atom. The van der Waals surface area contributed by atoms with Crippen LogP contribution in [0.3, 0.4) is 0 Å². The Labute approximate surface area is 225 Å². The van der Waals surface area contributed by atoms with Gasteiger partial charge in [0.1, 0.15) is 23.2 Å². The Balaban J connectivity index is 1.52. The highest BCUT2D eigenvalue weighted by molar-refractivity contribution is 6.31. The number of carbonyl (C=O) groups excluding carboxylic acids is 2. The molecule has 192 valence electrons. The highest BCUT2D eigenvalue weighted by atomic mass is 35.5. The van der Waals surface area contributed by atoms with Crippen LogP contribution in [0.15, 0.2) is 90.3 Å². The summed E-state index contributed by atoms with van der Waals surface area (Å²) in [5.41, 5.74) is 4.41. The molecule has 1 aliphatic rings. The van der Waals surface area contributed by atoms with Crippen molar-refractivity contribution in [2.24, 2.45) is 0 Å². The number of allylic oxidation sites excluding steroid dienone is 1. The first-order valence-corrected chi connectivity index (χ1v) is 12.4. The SMILES string of the molecule is COc1ccc(NC(=O)C2=C(C)Nc3c(C(=O)Nc4ccc(C)cc4)cnn3[C@H]2c2ccccc2Cl)cc1. The molecule has 0 unspecified atom stereocenters. The smallest absolute Gasteiger partial charge is 0.261 e. The molecule has 2 heterocycles. The number of anilines is 3. The van der Waals surface area contributed by atoms with Crippen LogP contribution in [0.2, 0.25) is 5.02 Å². The molecule has 0 fully saturated rings. The van der Waals surface area contributed by atoms with Crippen molar-refractivity contribution in [2.75, 3.05) is 23.1 Å². The number of amides is 2. The first-order chi connectivity index (χ1) is 18.4. The van der Waals surface area contributed by atoms with Crippen LogP contribution in [0.5, 0.6) is 5.75 Å². The fourth-order valence-corrected chi connectivity index (χ4v) is 4.65. The summed E-state index contributed by atoms with van der Waals surface area (Å²) < 4.78 is 6.83. The van der Waals surface area contributed by atoms with Gasteiger partial charge >= 0.3 is 0 Å². The fourth-order valence-electron chi connectivity index (χ4n) is 4.41. The number of benzene rings is 3. The lowest BCUT2D eigenvalue weighted by Crippen LogP contribution is -2.32. The van der Waals surface area contributed by atoms with E-state index in [1.165, 1.54) is 6.20 Å². The molecule has 0 spiro atoms. The molecule has 0 radical (unpaired) electrons. The highest BCUT2D eigenvalue weighted by Crippen LogP contribution is 2.40. The molecule has 8 nitrogen and oxygen atoms in total. The molecule has 0 aliphatic carbocycles. The third-order valence-corrected chi connectivity index (χ3v) is 6.71. The number of rotatable bonds is 6. The average molecular weight is 528 g/mol. The minimum absolute atomic E-state index is 0.320. The van der Waals surface area contributed by atoms with E-state index >= 15 is 0 Å². The summed E-state index contributed by atoms with van der Waals surface area (Å²) in [5.74, 6) is 0.513. The second-order valence-electron chi connectivity index (χ2n) is 8.94. The van der Waals surface area contributed by atoms with Crippen LogP contribution in [-0.4, -0.2) is 28.7 Å². The minimum atomic E-state index is -0.667. The van der Waals surface area contributed by atoms with E-state index in [0.717, 1.165) is 5.56 Å². The summed E-state index contributed by atoms with van der Waals surface area (Å²) in [7, 11) is 1.58. The van der Waals surface area contributed by atoms with Crippen molar-refractivity contribution in [1.29, 1.82) is 0 Å². The van der Waals surface area contributed by atoms with E-state index in [-0.39, 0.29) is 11.8 Å². The number of nitrogens with one attached hydrogen (secondary N) is 3. The zero-order valence-electron chi connectivity index (χ0n) is 21.1. The number of hydrogen-bond acceptors (Lipinski definition) is 5. The van der Waals surface area contributed by atoms with E-state index in [4.69, 9.17) is 16.3 Å². The molecule has 3 N–H and O–H groups in total. The van der Waals surface area contributed by atoms with Crippen molar-refractivity contribution in [3.8, 4) is 5.75 Å². The molecule has 4 aromatic rings. The second-order valence-corrected chi connectivity index (χ2v) is 9.35. The number of nitrogens with zero attached hydrogens (tertiary/aromatic N) is 2. The normalized spacial score (nSPS) is 14.4. The fraction of sp³-hybridized carbons (Fsp3) is 0.138. The van der Waals surface area contributed by atoms with Gasteiger partial charge in [-0.2, -0.15) is 5.10 Å². The molecular formula is C29H26ClN5O3. The predicted octanol–water partition coefficient (Wildman–Crippen LogP) is 6.03. The molecule has 3 aromatic carbocycles. The Hall–Kier alpha value is -4.56. The van der Waals surface area contributed by atoms with Gasteiger partial charge in [0.25, 0.3) is 11.8 Å². The summed E-state index contributed by atoms with van der Waals surface area (Å²) >= 11 is 6.62.